The highest BCUT2D eigenvalue weighted by Gasteiger charge is 2.20. The van der Waals surface area contributed by atoms with Gasteiger partial charge in [-0.25, -0.2) is 0 Å². The SMILES string of the molecule is C[C@@H]1NC(=O)CO[C@@H]1C. The molecule has 1 heterocycles. The van der Waals surface area contributed by atoms with Crippen LogP contribution in [0.1, 0.15) is 13.8 Å². The van der Waals surface area contributed by atoms with Crippen molar-refractivity contribution in [2.75, 3.05) is 6.61 Å². The first kappa shape index (κ1) is 6.55. The standard InChI is InChI=1S/C6H11NO2/c1-4-5(2)9-3-6(8)7-4/h4-5H,3H2,1-2H3,(H,7,8)/t4-,5+/m0/s1. The van der Waals surface area contributed by atoms with E-state index in [2.05, 4.69) is 5.32 Å². The van der Waals surface area contributed by atoms with Gasteiger partial charge < -0.3 is 10.1 Å². The summed E-state index contributed by atoms with van der Waals surface area (Å²) in [7, 11) is 0. The predicted molar refractivity (Wildman–Crippen MR) is 33.0 cm³/mol. The number of amides is 1. The zero-order chi connectivity index (χ0) is 6.85. The first-order valence-electron chi connectivity index (χ1n) is 3.11. The van der Waals surface area contributed by atoms with E-state index in [0.717, 1.165) is 0 Å². The first-order chi connectivity index (χ1) is 4.20. The van der Waals surface area contributed by atoms with Crippen LogP contribution in [0, 0.1) is 0 Å². The lowest BCUT2D eigenvalue weighted by atomic mass is 10.2. The minimum atomic E-state index is -0.0133. The van der Waals surface area contributed by atoms with Gasteiger partial charge in [-0.3, -0.25) is 4.79 Å². The largest absolute Gasteiger partial charge is 0.367 e. The van der Waals surface area contributed by atoms with Gasteiger partial charge in [-0.2, -0.15) is 0 Å². The Balaban J connectivity index is 2.44. The second-order valence-electron chi connectivity index (χ2n) is 2.37. The van der Waals surface area contributed by atoms with Gasteiger partial charge in [-0.15, -0.1) is 0 Å². The normalized spacial score (nSPS) is 36.0. The zero-order valence-corrected chi connectivity index (χ0v) is 5.68. The van der Waals surface area contributed by atoms with Crippen molar-refractivity contribution in [3.63, 3.8) is 0 Å². The third kappa shape index (κ3) is 1.42. The summed E-state index contributed by atoms with van der Waals surface area (Å²) in [6, 6.07) is 0.159. The number of carbonyl (C=O) groups is 1. The molecule has 3 nitrogen and oxygen atoms in total. The van der Waals surface area contributed by atoms with E-state index < -0.39 is 0 Å². The lowest BCUT2D eigenvalue weighted by Crippen LogP contribution is -2.48. The van der Waals surface area contributed by atoms with Crippen molar-refractivity contribution in [2.24, 2.45) is 0 Å². The molecule has 9 heavy (non-hydrogen) atoms. The van der Waals surface area contributed by atoms with Gasteiger partial charge >= 0.3 is 0 Å². The third-order valence-corrected chi connectivity index (χ3v) is 1.57. The van der Waals surface area contributed by atoms with E-state index in [1.807, 2.05) is 13.8 Å². The van der Waals surface area contributed by atoms with Crippen LogP contribution in [0.3, 0.4) is 0 Å². The average molecular weight is 129 g/mol. The topological polar surface area (TPSA) is 38.3 Å². The smallest absolute Gasteiger partial charge is 0.246 e. The summed E-state index contributed by atoms with van der Waals surface area (Å²) in [6.07, 6.45) is 0.155. The quantitative estimate of drug-likeness (QED) is 0.496. The van der Waals surface area contributed by atoms with Crippen molar-refractivity contribution >= 4 is 5.91 Å². The van der Waals surface area contributed by atoms with E-state index in [1.165, 1.54) is 0 Å². The summed E-state index contributed by atoms with van der Waals surface area (Å²) in [6.45, 7) is 4.09. The maximum Gasteiger partial charge on any atom is 0.246 e. The molecule has 1 aliphatic rings. The molecule has 1 rings (SSSR count). The summed E-state index contributed by atoms with van der Waals surface area (Å²) in [5.41, 5.74) is 0. The van der Waals surface area contributed by atoms with Gasteiger partial charge in [0.1, 0.15) is 6.61 Å². The molecular formula is C6H11NO2. The summed E-state index contributed by atoms with van der Waals surface area (Å²) in [5.74, 6) is -0.0133. The van der Waals surface area contributed by atoms with Crippen molar-refractivity contribution in [2.45, 2.75) is 26.0 Å². The molecule has 1 fully saturated rings. The van der Waals surface area contributed by atoms with Crippen LogP contribution in [0.2, 0.25) is 0 Å². The molecule has 0 aliphatic carbocycles. The van der Waals surface area contributed by atoms with E-state index >= 15 is 0 Å². The van der Waals surface area contributed by atoms with Gasteiger partial charge in [0.05, 0.1) is 12.1 Å². The van der Waals surface area contributed by atoms with Crippen LogP contribution in [0.15, 0.2) is 0 Å². The van der Waals surface area contributed by atoms with Crippen molar-refractivity contribution < 1.29 is 9.53 Å². The molecule has 2 atom stereocenters. The molecule has 52 valence electrons. The second kappa shape index (κ2) is 2.35. The second-order valence-corrected chi connectivity index (χ2v) is 2.37. The fourth-order valence-corrected chi connectivity index (χ4v) is 0.764. The molecule has 1 amide bonds. The van der Waals surface area contributed by atoms with Crippen LogP contribution in [-0.4, -0.2) is 24.7 Å². The van der Waals surface area contributed by atoms with E-state index in [4.69, 9.17) is 4.74 Å². The minimum Gasteiger partial charge on any atom is -0.367 e. The molecule has 0 aromatic heterocycles. The summed E-state index contributed by atoms with van der Waals surface area (Å²) in [4.78, 5) is 10.6. The van der Waals surface area contributed by atoms with Crippen LogP contribution >= 0.6 is 0 Å². The molecule has 1 N–H and O–H groups in total. The fourth-order valence-electron chi connectivity index (χ4n) is 0.764. The van der Waals surface area contributed by atoms with Crippen LogP contribution in [-0.2, 0) is 9.53 Å². The number of nitrogens with one attached hydrogen (secondary N) is 1. The molecule has 0 radical (unpaired) electrons. The Bertz CT molecular complexity index is 124. The molecule has 0 saturated carbocycles. The molecule has 1 saturated heterocycles. The monoisotopic (exact) mass is 129 g/mol. The van der Waals surface area contributed by atoms with E-state index in [0.29, 0.717) is 0 Å². The number of morpholine rings is 1. The number of rotatable bonds is 0. The third-order valence-electron chi connectivity index (χ3n) is 1.57. The fraction of sp³-hybridized carbons (Fsp3) is 0.833. The molecular weight excluding hydrogens is 118 g/mol. The van der Waals surface area contributed by atoms with E-state index in [1.54, 1.807) is 0 Å². The Morgan fingerprint density at radius 3 is 2.78 bits per heavy atom. The molecule has 3 heteroatoms. The summed E-state index contributed by atoms with van der Waals surface area (Å²) >= 11 is 0. The van der Waals surface area contributed by atoms with E-state index in [9.17, 15) is 4.79 Å². The van der Waals surface area contributed by atoms with Crippen LogP contribution in [0.5, 0.6) is 0 Å². The average Bonchev–Trinajstić information content (AvgIpc) is 1.80. The highest BCUT2D eigenvalue weighted by Crippen LogP contribution is 2.02. The highest BCUT2D eigenvalue weighted by molar-refractivity contribution is 5.78. The van der Waals surface area contributed by atoms with Gasteiger partial charge in [0.2, 0.25) is 5.91 Å². The molecule has 0 bridgehead atoms. The maximum absolute atomic E-state index is 10.6. The zero-order valence-electron chi connectivity index (χ0n) is 5.68. The van der Waals surface area contributed by atoms with E-state index in [-0.39, 0.29) is 24.7 Å². The Morgan fingerprint density at radius 2 is 2.33 bits per heavy atom. The first-order valence-corrected chi connectivity index (χ1v) is 3.11. The van der Waals surface area contributed by atoms with Crippen LogP contribution in [0.25, 0.3) is 0 Å². The van der Waals surface area contributed by atoms with Gasteiger partial charge in [0, 0.05) is 0 Å². The predicted octanol–water partition coefficient (Wildman–Crippen LogP) is -0.0902. The molecule has 0 spiro atoms. The number of hydrogen-bond acceptors (Lipinski definition) is 2. The van der Waals surface area contributed by atoms with Crippen LogP contribution < -0.4 is 5.32 Å². The van der Waals surface area contributed by atoms with Gasteiger partial charge in [-0.05, 0) is 13.8 Å². The molecule has 0 unspecified atom stereocenters. The maximum atomic E-state index is 10.6. The van der Waals surface area contributed by atoms with Gasteiger partial charge in [0.25, 0.3) is 0 Å². The highest BCUT2D eigenvalue weighted by atomic mass is 16.5. The molecule has 1 aliphatic heterocycles. The lowest BCUT2D eigenvalue weighted by Gasteiger charge is -2.26. The molecule has 0 aromatic carbocycles. The van der Waals surface area contributed by atoms with Gasteiger partial charge in [0.15, 0.2) is 0 Å². The summed E-state index contributed by atoms with van der Waals surface area (Å²) in [5, 5.41) is 2.77. The Hall–Kier alpha value is -0.570. The van der Waals surface area contributed by atoms with Crippen molar-refractivity contribution in [1.29, 1.82) is 0 Å². The van der Waals surface area contributed by atoms with Crippen molar-refractivity contribution in [3.05, 3.63) is 0 Å². The Kier molecular flexibility index (Phi) is 1.71. The minimum absolute atomic E-state index is 0.0133. The van der Waals surface area contributed by atoms with Crippen LogP contribution in [0.4, 0.5) is 0 Å². The summed E-state index contributed by atoms with van der Waals surface area (Å²) < 4.78 is 5.09. The Morgan fingerprint density at radius 1 is 1.67 bits per heavy atom. The lowest BCUT2D eigenvalue weighted by molar-refractivity contribution is -0.135. The van der Waals surface area contributed by atoms with Crippen molar-refractivity contribution in [1.82, 2.24) is 5.32 Å². The van der Waals surface area contributed by atoms with Gasteiger partial charge in [-0.1, -0.05) is 0 Å². The number of carbonyl (C=O) groups excluding carboxylic acids is 1. The molecule has 0 aromatic rings. The number of ether oxygens (including phenoxy) is 1. The van der Waals surface area contributed by atoms with Crippen molar-refractivity contribution in [3.8, 4) is 0 Å². The Labute approximate surface area is 54.4 Å². The number of hydrogen-bond donors (Lipinski definition) is 1.